The second kappa shape index (κ2) is 10.0. The van der Waals surface area contributed by atoms with E-state index in [1.54, 1.807) is 42.5 Å². The number of amides is 2. The molecule has 10 heteroatoms. The topological polar surface area (TPSA) is 114 Å². The van der Waals surface area contributed by atoms with Crippen LogP contribution in [0.1, 0.15) is 35.2 Å². The Morgan fingerprint density at radius 2 is 1.94 bits per heavy atom. The number of benzene rings is 2. The van der Waals surface area contributed by atoms with E-state index in [-0.39, 0.29) is 25.0 Å². The molecule has 2 atom stereocenters. The third-order valence-electron chi connectivity index (χ3n) is 5.88. The SMILES string of the molecule is Cc1ccc2c(c1)N(S(C)(=O)=O)CC[C@H](C(=O)Nc1ccccc1C(=O)NC[C@@H]1CCCO1)O2. The Labute approximate surface area is 199 Å². The molecule has 0 spiro atoms. The summed E-state index contributed by atoms with van der Waals surface area (Å²) < 4.78 is 37.5. The van der Waals surface area contributed by atoms with Gasteiger partial charge in [0.2, 0.25) is 10.0 Å². The second-order valence-corrected chi connectivity index (χ2v) is 10.5. The van der Waals surface area contributed by atoms with Gasteiger partial charge in [0, 0.05) is 26.1 Å². The predicted octanol–water partition coefficient (Wildman–Crippen LogP) is 2.46. The van der Waals surface area contributed by atoms with Crippen LogP contribution in [-0.2, 0) is 19.6 Å². The summed E-state index contributed by atoms with van der Waals surface area (Å²) in [7, 11) is -3.56. The zero-order valence-electron chi connectivity index (χ0n) is 19.2. The Morgan fingerprint density at radius 3 is 2.68 bits per heavy atom. The first kappa shape index (κ1) is 24.0. The van der Waals surface area contributed by atoms with Gasteiger partial charge in [-0.25, -0.2) is 8.42 Å². The van der Waals surface area contributed by atoms with Crippen LogP contribution in [0.4, 0.5) is 11.4 Å². The molecule has 2 aliphatic rings. The Balaban J connectivity index is 1.50. The van der Waals surface area contributed by atoms with Crippen molar-refractivity contribution in [2.24, 2.45) is 0 Å². The minimum Gasteiger partial charge on any atom is -0.478 e. The van der Waals surface area contributed by atoms with Crippen LogP contribution in [0.2, 0.25) is 0 Å². The molecule has 4 rings (SSSR count). The number of sulfonamides is 1. The van der Waals surface area contributed by atoms with Crippen LogP contribution in [0.25, 0.3) is 0 Å². The molecular formula is C24H29N3O6S. The maximum atomic E-state index is 13.1. The van der Waals surface area contributed by atoms with Gasteiger partial charge < -0.3 is 20.1 Å². The number of carbonyl (C=O) groups is 2. The largest absolute Gasteiger partial charge is 0.478 e. The molecule has 0 aromatic heterocycles. The number of nitrogens with one attached hydrogen (secondary N) is 2. The number of hydrogen-bond acceptors (Lipinski definition) is 6. The van der Waals surface area contributed by atoms with E-state index in [1.807, 2.05) is 6.92 Å². The summed E-state index contributed by atoms with van der Waals surface area (Å²) in [5, 5.41) is 5.65. The van der Waals surface area contributed by atoms with Crippen molar-refractivity contribution in [3.05, 3.63) is 53.6 Å². The normalized spacial score (nSPS) is 20.1. The molecule has 1 saturated heterocycles. The summed E-state index contributed by atoms with van der Waals surface area (Å²) in [5.74, 6) is -0.449. The first-order valence-corrected chi connectivity index (χ1v) is 13.1. The molecule has 0 unspecified atom stereocenters. The molecule has 0 bridgehead atoms. The molecule has 2 aromatic rings. The number of aryl methyl sites for hydroxylation is 1. The van der Waals surface area contributed by atoms with E-state index in [0.29, 0.717) is 35.8 Å². The number of hydrogen-bond donors (Lipinski definition) is 2. The van der Waals surface area contributed by atoms with Crippen LogP contribution in [0.5, 0.6) is 5.75 Å². The number of fused-ring (bicyclic) bond motifs is 1. The fraction of sp³-hybridized carbons (Fsp3) is 0.417. The lowest BCUT2D eigenvalue weighted by atomic mass is 10.1. The predicted molar refractivity (Wildman–Crippen MR) is 129 cm³/mol. The average Bonchev–Trinajstić information content (AvgIpc) is 3.23. The molecule has 1 fully saturated rings. The average molecular weight is 488 g/mol. The fourth-order valence-electron chi connectivity index (χ4n) is 4.13. The van der Waals surface area contributed by atoms with Gasteiger partial charge in [0.05, 0.1) is 29.3 Å². The highest BCUT2D eigenvalue weighted by Crippen LogP contribution is 2.35. The van der Waals surface area contributed by atoms with Crippen molar-refractivity contribution in [3.63, 3.8) is 0 Å². The third kappa shape index (κ3) is 5.51. The van der Waals surface area contributed by atoms with E-state index in [4.69, 9.17) is 9.47 Å². The summed E-state index contributed by atoms with van der Waals surface area (Å²) in [5.41, 5.74) is 1.97. The number of nitrogens with zero attached hydrogens (tertiary/aromatic N) is 1. The number of para-hydroxylation sites is 1. The standard InChI is InChI=1S/C24H29N3O6S/c1-16-9-10-21-20(14-16)27(34(2,30)31)12-11-22(33-21)24(29)26-19-8-4-3-7-18(19)23(28)25-15-17-6-5-13-32-17/h3-4,7-10,14,17,22H,5-6,11-13,15H2,1-2H3,(H,25,28)(H,26,29)/t17-,22+/m0/s1. The number of ether oxygens (including phenoxy) is 2. The zero-order chi connectivity index (χ0) is 24.3. The van der Waals surface area contributed by atoms with Gasteiger partial charge in [-0.2, -0.15) is 0 Å². The van der Waals surface area contributed by atoms with Crippen molar-refractivity contribution in [3.8, 4) is 5.75 Å². The zero-order valence-corrected chi connectivity index (χ0v) is 20.1. The summed E-state index contributed by atoms with van der Waals surface area (Å²) in [6.45, 7) is 3.06. The van der Waals surface area contributed by atoms with Gasteiger partial charge >= 0.3 is 0 Å². The Morgan fingerprint density at radius 1 is 1.15 bits per heavy atom. The molecule has 0 aliphatic carbocycles. The molecule has 2 aliphatic heterocycles. The van der Waals surface area contributed by atoms with E-state index in [0.717, 1.165) is 24.7 Å². The molecule has 0 radical (unpaired) electrons. The number of anilines is 2. The van der Waals surface area contributed by atoms with E-state index in [2.05, 4.69) is 10.6 Å². The van der Waals surface area contributed by atoms with Crippen LogP contribution >= 0.6 is 0 Å². The van der Waals surface area contributed by atoms with Gasteiger partial charge in [-0.15, -0.1) is 0 Å². The number of rotatable bonds is 6. The first-order valence-electron chi connectivity index (χ1n) is 11.3. The van der Waals surface area contributed by atoms with E-state index >= 15 is 0 Å². The quantitative estimate of drug-likeness (QED) is 0.647. The van der Waals surface area contributed by atoms with Crippen molar-refractivity contribution in [2.45, 2.75) is 38.4 Å². The molecule has 182 valence electrons. The Kier molecular flexibility index (Phi) is 7.08. The van der Waals surface area contributed by atoms with E-state index in [1.165, 1.54) is 4.31 Å². The molecule has 34 heavy (non-hydrogen) atoms. The van der Waals surface area contributed by atoms with E-state index < -0.39 is 22.0 Å². The van der Waals surface area contributed by atoms with Gasteiger partial charge in [-0.1, -0.05) is 18.2 Å². The Bertz CT molecular complexity index is 1180. The summed E-state index contributed by atoms with van der Waals surface area (Å²) in [4.78, 5) is 25.9. The maximum Gasteiger partial charge on any atom is 0.265 e. The van der Waals surface area contributed by atoms with Gasteiger partial charge in [0.15, 0.2) is 6.10 Å². The lowest BCUT2D eigenvalue weighted by Gasteiger charge is -2.21. The van der Waals surface area contributed by atoms with Gasteiger partial charge in [0.25, 0.3) is 11.8 Å². The molecule has 2 aromatic carbocycles. The second-order valence-electron chi connectivity index (χ2n) is 8.58. The first-order chi connectivity index (χ1) is 16.2. The lowest BCUT2D eigenvalue weighted by Crippen LogP contribution is -2.37. The summed E-state index contributed by atoms with van der Waals surface area (Å²) in [6.07, 6.45) is 2.24. The molecular weight excluding hydrogens is 458 g/mol. The minimum absolute atomic E-state index is 0.00610. The van der Waals surface area contributed by atoms with Crippen LogP contribution < -0.4 is 19.7 Å². The van der Waals surface area contributed by atoms with Crippen LogP contribution in [0.3, 0.4) is 0 Å². The van der Waals surface area contributed by atoms with Crippen LogP contribution in [0, 0.1) is 6.92 Å². The molecule has 2 N–H and O–H groups in total. The lowest BCUT2D eigenvalue weighted by molar-refractivity contribution is -0.122. The van der Waals surface area contributed by atoms with Crippen molar-refractivity contribution < 1.29 is 27.5 Å². The third-order valence-corrected chi connectivity index (χ3v) is 7.06. The van der Waals surface area contributed by atoms with Crippen molar-refractivity contribution >= 4 is 33.2 Å². The van der Waals surface area contributed by atoms with Crippen molar-refractivity contribution in [1.29, 1.82) is 0 Å². The maximum absolute atomic E-state index is 13.1. The molecule has 2 heterocycles. The highest BCUT2D eigenvalue weighted by Gasteiger charge is 2.32. The molecule has 2 amide bonds. The molecule has 0 saturated carbocycles. The summed E-state index contributed by atoms with van der Waals surface area (Å²) >= 11 is 0. The fourth-order valence-corrected chi connectivity index (χ4v) is 5.07. The van der Waals surface area contributed by atoms with Gasteiger partial charge in [-0.05, 0) is 49.6 Å². The molecule has 9 nitrogen and oxygen atoms in total. The Hall–Kier alpha value is -3.11. The van der Waals surface area contributed by atoms with Crippen LogP contribution in [-0.4, -0.2) is 58.4 Å². The highest BCUT2D eigenvalue weighted by atomic mass is 32.2. The minimum atomic E-state index is -3.56. The smallest absolute Gasteiger partial charge is 0.265 e. The van der Waals surface area contributed by atoms with E-state index in [9.17, 15) is 18.0 Å². The number of carbonyl (C=O) groups excluding carboxylic acids is 2. The van der Waals surface area contributed by atoms with Crippen molar-refractivity contribution in [1.82, 2.24) is 5.32 Å². The van der Waals surface area contributed by atoms with Gasteiger partial charge in [0.1, 0.15) is 5.75 Å². The monoisotopic (exact) mass is 487 g/mol. The summed E-state index contributed by atoms with van der Waals surface area (Å²) in [6, 6.07) is 11.9. The highest BCUT2D eigenvalue weighted by molar-refractivity contribution is 7.92. The van der Waals surface area contributed by atoms with Gasteiger partial charge in [-0.3, -0.25) is 13.9 Å². The van der Waals surface area contributed by atoms with Crippen LogP contribution in [0.15, 0.2) is 42.5 Å². The van der Waals surface area contributed by atoms with Crippen molar-refractivity contribution in [2.75, 3.05) is 35.6 Å².